The third-order valence-corrected chi connectivity index (χ3v) is 7.84. The molecule has 0 aliphatic rings. The van der Waals surface area contributed by atoms with Crippen LogP contribution in [0.1, 0.15) is 26.3 Å². The van der Waals surface area contributed by atoms with Crippen LogP contribution in [0, 0.1) is 0 Å². The summed E-state index contributed by atoms with van der Waals surface area (Å²) in [7, 11) is -2.58. The van der Waals surface area contributed by atoms with Gasteiger partial charge in [-0.1, -0.05) is 48.0 Å². The Morgan fingerprint density at radius 3 is 2.18 bits per heavy atom. The van der Waals surface area contributed by atoms with Crippen molar-refractivity contribution in [1.82, 2.24) is 10.2 Å². The minimum Gasteiger partial charge on any atom is -0.497 e. The SMILES string of the molecule is COc1ccc(CN(C(=O)CN(c2cccc(Cl)c2)S(=O)(=O)c2ccccc2)[C@@H](C)C(=O)NC(C)C)cc1. The highest BCUT2D eigenvalue weighted by Gasteiger charge is 2.32. The number of sulfonamides is 1. The first kappa shape index (κ1) is 29.0. The van der Waals surface area contributed by atoms with Gasteiger partial charge < -0.3 is 15.0 Å². The van der Waals surface area contributed by atoms with Crippen molar-refractivity contribution in [3.8, 4) is 5.75 Å². The quantitative estimate of drug-likeness (QED) is 0.375. The van der Waals surface area contributed by atoms with Crippen LogP contribution in [-0.4, -0.2) is 50.9 Å². The Morgan fingerprint density at radius 1 is 0.947 bits per heavy atom. The second-order valence-corrected chi connectivity index (χ2v) is 11.3. The molecule has 3 aromatic rings. The summed E-state index contributed by atoms with van der Waals surface area (Å²) in [6.07, 6.45) is 0. The van der Waals surface area contributed by atoms with Crippen LogP contribution in [0.3, 0.4) is 0 Å². The molecular formula is C28H32ClN3O5S. The molecular weight excluding hydrogens is 526 g/mol. The number of halogens is 1. The number of methoxy groups -OCH3 is 1. The van der Waals surface area contributed by atoms with Gasteiger partial charge in [0.1, 0.15) is 18.3 Å². The molecule has 0 aromatic heterocycles. The van der Waals surface area contributed by atoms with Crippen molar-refractivity contribution in [1.29, 1.82) is 0 Å². The number of hydrogen-bond acceptors (Lipinski definition) is 5. The van der Waals surface area contributed by atoms with E-state index in [9.17, 15) is 18.0 Å². The molecule has 0 saturated heterocycles. The van der Waals surface area contributed by atoms with E-state index in [2.05, 4.69) is 5.32 Å². The first-order valence-corrected chi connectivity index (χ1v) is 13.9. The number of hydrogen-bond donors (Lipinski definition) is 1. The average molecular weight is 558 g/mol. The largest absolute Gasteiger partial charge is 0.497 e. The Hall–Kier alpha value is -3.56. The topological polar surface area (TPSA) is 96.0 Å². The Bertz CT molecular complexity index is 1350. The van der Waals surface area contributed by atoms with E-state index in [-0.39, 0.29) is 29.1 Å². The summed E-state index contributed by atoms with van der Waals surface area (Å²) in [5.74, 6) is -0.243. The van der Waals surface area contributed by atoms with Crippen LogP contribution in [0.25, 0.3) is 0 Å². The molecule has 202 valence electrons. The number of ether oxygens (including phenoxy) is 1. The number of carbonyl (C=O) groups is 2. The molecule has 3 rings (SSSR count). The molecule has 0 heterocycles. The van der Waals surface area contributed by atoms with E-state index in [1.54, 1.807) is 74.7 Å². The molecule has 0 radical (unpaired) electrons. The summed E-state index contributed by atoms with van der Waals surface area (Å²) in [6.45, 7) is 4.83. The van der Waals surface area contributed by atoms with Gasteiger partial charge in [0.25, 0.3) is 10.0 Å². The summed E-state index contributed by atoms with van der Waals surface area (Å²) in [5, 5.41) is 3.15. The van der Waals surface area contributed by atoms with Crippen molar-refractivity contribution >= 4 is 39.1 Å². The lowest BCUT2D eigenvalue weighted by Gasteiger charge is -2.32. The monoisotopic (exact) mass is 557 g/mol. The normalized spacial score (nSPS) is 12.1. The highest BCUT2D eigenvalue weighted by atomic mass is 35.5. The van der Waals surface area contributed by atoms with Crippen LogP contribution in [0.5, 0.6) is 5.75 Å². The number of benzene rings is 3. The number of amides is 2. The molecule has 0 fully saturated rings. The standard InChI is InChI=1S/C28H32ClN3O5S/c1-20(2)30-28(34)21(3)31(18-22-13-15-25(37-4)16-14-22)27(33)19-32(24-10-8-9-23(29)17-24)38(35,36)26-11-6-5-7-12-26/h5-17,20-21H,18-19H2,1-4H3,(H,30,34)/t21-/m0/s1. The zero-order valence-corrected chi connectivity index (χ0v) is 23.4. The molecule has 0 saturated carbocycles. The van der Waals surface area contributed by atoms with Gasteiger partial charge in [0, 0.05) is 17.6 Å². The zero-order valence-electron chi connectivity index (χ0n) is 21.8. The molecule has 1 atom stereocenters. The van der Waals surface area contributed by atoms with Gasteiger partial charge in [0.2, 0.25) is 11.8 Å². The molecule has 10 heteroatoms. The van der Waals surface area contributed by atoms with Crippen molar-refractivity contribution < 1.29 is 22.7 Å². The molecule has 38 heavy (non-hydrogen) atoms. The second-order valence-electron chi connectivity index (χ2n) is 9.01. The molecule has 0 unspecified atom stereocenters. The van der Waals surface area contributed by atoms with Crippen molar-refractivity contribution in [3.63, 3.8) is 0 Å². The fourth-order valence-corrected chi connectivity index (χ4v) is 5.41. The van der Waals surface area contributed by atoms with Crippen molar-refractivity contribution in [2.24, 2.45) is 0 Å². The average Bonchev–Trinajstić information content (AvgIpc) is 2.90. The molecule has 0 aliphatic heterocycles. The van der Waals surface area contributed by atoms with Gasteiger partial charge in [0.15, 0.2) is 0 Å². The van der Waals surface area contributed by atoms with Gasteiger partial charge in [0.05, 0.1) is 17.7 Å². The highest BCUT2D eigenvalue weighted by molar-refractivity contribution is 7.92. The smallest absolute Gasteiger partial charge is 0.264 e. The maximum Gasteiger partial charge on any atom is 0.264 e. The third kappa shape index (κ3) is 7.26. The number of nitrogens with one attached hydrogen (secondary N) is 1. The van der Waals surface area contributed by atoms with Gasteiger partial charge in [-0.25, -0.2) is 8.42 Å². The molecule has 0 spiro atoms. The summed E-state index contributed by atoms with van der Waals surface area (Å²) >= 11 is 6.18. The lowest BCUT2D eigenvalue weighted by atomic mass is 10.1. The molecule has 2 amide bonds. The summed E-state index contributed by atoms with van der Waals surface area (Å²) in [5.41, 5.74) is 0.988. The second kappa shape index (κ2) is 12.8. The lowest BCUT2D eigenvalue weighted by molar-refractivity contribution is -0.139. The molecule has 0 bridgehead atoms. The zero-order chi connectivity index (χ0) is 27.9. The first-order valence-electron chi connectivity index (χ1n) is 12.1. The minimum absolute atomic E-state index is 0.0279. The Kier molecular flexibility index (Phi) is 9.77. The van der Waals surface area contributed by atoms with E-state index < -0.39 is 28.5 Å². The number of anilines is 1. The third-order valence-electron chi connectivity index (χ3n) is 5.82. The molecule has 0 aliphatic carbocycles. The highest BCUT2D eigenvalue weighted by Crippen LogP contribution is 2.27. The van der Waals surface area contributed by atoms with Gasteiger partial charge in [-0.15, -0.1) is 0 Å². The van der Waals surface area contributed by atoms with Crippen LogP contribution in [0.2, 0.25) is 5.02 Å². The first-order chi connectivity index (χ1) is 18.0. The summed E-state index contributed by atoms with van der Waals surface area (Å²) in [4.78, 5) is 28.2. The van der Waals surface area contributed by atoms with Crippen molar-refractivity contribution in [2.75, 3.05) is 18.0 Å². The fraction of sp³-hybridized carbons (Fsp3) is 0.286. The Balaban J connectivity index is 2.01. The van der Waals surface area contributed by atoms with E-state index >= 15 is 0 Å². The maximum absolute atomic E-state index is 13.8. The molecule has 1 N–H and O–H groups in total. The van der Waals surface area contributed by atoms with E-state index in [0.717, 1.165) is 9.87 Å². The number of rotatable bonds is 11. The predicted molar refractivity (Wildman–Crippen MR) is 149 cm³/mol. The van der Waals surface area contributed by atoms with E-state index in [1.807, 2.05) is 13.8 Å². The summed E-state index contributed by atoms with van der Waals surface area (Å²) in [6, 6.07) is 20.2. The van der Waals surface area contributed by atoms with Crippen LogP contribution < -0.4 is 14.4 Å². The Labute approximate surface area is 229 Å². The maximum atomic E-state index is 13.8. The van der Waals surface area contributed by atoms with Crippen LogP contribution in [0.4, 0.5) is 5.69 Å². The van der Waals surface area contributed by atoms with Crippen LogP contribution >= 0.6 is 11.6 Å². The van der Waals surface area contributed by atoms with Crippen LogP contribution in [0.15, 0.2) is 83.8 Å². The van der Waals surface area contributed by atoms with Crippen molar-refractivity contribution in [2.45, 2.75) is 44.3 Å². The number of carbonyl (C=O) groups excluding carboxylic acids is 2. The number of nitrogens with zero attached hydrogens (tertiary/aromatic N) is 2. The molecule has 8 nitrogen and oxygen atoms in total. The van der Waals surface area contributed by atoms with E-state index in [0.29, 0.717) is 10.8 Å². The fourth-order valence-electron chi connectivity index (χ4n) is 3.80. The van der Waals surface area contributed by atoms with E-state index in [1.165, 1.54) is 23.1 Å². The minimum atomic E-state index is -4.14. The van der Waals surface area contributed by atoms with Crippen LogP contribution in [-0.2, 0) is 26.2 Å². The van der Waals surface area contributed by atoms with Gasteiger partial charge in [-0.05, 0) is 68.8 Å². The summed E-state index contributed by atoms with van der Waals surface area (Å²) < 4.78 is 33.6. The van der Waals surface area contributed by atoms with Gasteiger partial charge in [-0.2, -0.15) is 0 Å². The molecule has 3 aromatic carbocycles. The Morgan fingerprint density at radius 2 is 1.61 bits per heavy atom. The van der Waals surface area contributed by atoms with E-state index in [4.69, 9.17) is 16.3 Å². The van der Waals surface area contributed by atoms with Crippen molar-refractivity contribution in [3.05, 3.63) is 89.4 Å². The lowest BCUT2D eigenvalue weighted by Crippen LogP contribution is -2.52. The predicted octanol–water partition coefficient (Wildman–Crippen LogP) is 4.49. The van der Waals surface area contributed by atoms with Gasteiger partial charge in [-0.3, -0.25) is 13.9 Å². The van der Waals surface area contributed by atoms with Gasteiger partial charge >= 0.3 is 0 Å².